The SMILES string of the molecule is CCS(=O)(=O)N(C)CC1CCCCN1. The first-order valence-corrected chi connectivity index (χ1v) is 6.84. The smallest absolute Gasteiger partial charge is 0.213 e. The summed E-state index contributed by atoms with van der Waals surface area (Å²) in [7, 11) is -1.34. The maximum atomic E-state index is 11.5. The van der Waals surface area contributed by atoms with Crippen LogP contribution in [0.25, 0.3) is 0 Å². The largest absolute Gasteiger partial charge is 0.313 e. The van der Waals surface area contributed by atoms with E-state index in [4.69, 9.17) is 0 Å². The first-order valence-electron chi connectivity index (χ1n) is 5.23. The highest BCUT2D eigenvalue weighted by Crippen LogP contribution is 2.09. The summed E-state index contributed by atoms with van der Waals surface area (Å²) in [5.74, 6) is 0.191. The van der Waals surface area contributed by atoms with Crippen molar-refractivity contribution >= 4 is 10.0 Å². The lowest BCUT2D eigenvalue weighted by Crippen LogP contribution is -2.44. The molecule has 1 atom stereocenters. The van der Waals surface area contributed by atoms with E-state index in [1.165, 1.54) is 17.1 Å². The van der Waals surface area contributed by atoms with Gasteiger partial charge in [0.2, 0.25) is 10.0 Å². The molecular weight excluding hydrogens is 200 g/mol. The number of piperidine rings is 1. The fourth-order valence-electron chi connectivity index (χ4n) is 1.72. The normalized spacial score (nSPS) is 24.1. The van der Waals surface area contributed by atoms with Gasteiger partial charge in [-0.25, -0.2) is 12.7 Å². The fraction of sp³-hybridized carbons (Fsp3) is 1.00. The third-order valence-corrected chi connectivity index (χ3v) is 4.56. The summed E-state index contributed by atoms with van der Waals surface area (Å²) in [4.78, 5) is 0. The summed E-state index contributed by atoms with van der Waals surface area (Å²) >= 11 is 0. The van der Waals surface area contributed by atoms with E-state index in [-0.39, 0.29) is 5.75 Å². The van der Waals surface area contributed by atoms with E-state index < -0.39 is 10.0 Å². The van der Waals surface area contributed by atoms with Crippen LogP contribution in [-0.4, -0.2) is 44.7 Å². The van der Waals surface area contributed by atoms with Crippen molar-refractivity contribution in [3.8, 4) is 0 Å². The predicted octanol–water partition coefficient (Wildman–Crippen LogP) is 0.410. The van der Waals surface area contributed by atoms with Gasteiger partial charge < -0.3 is 5.32 Å². The molecule has 0 spiro atoms. The van der Waals surface area contributed by atoms with E-state index in [0.29, 0.717) is 12.6 Å². The molecule has 0 aliphatic carbocycles. The number of hydrogen-bond donors (Lipinski definition) is 1. The van der Waals surface area contributed by atoms with Gasteiger partial charge in [0.1, 0.15) is 0 Å². The molecule has 1 saturated heterocycles. The van der Waals surface area contributed by atoms with Crippen LogP contribution in [0, 0.1) is 0 Å². The van der Waals surface area contributed by atoms with Crippen molar-refractivity contribution in [2.75, 3.05) is 25.9 Å². The summed E-state index contributed by atoms with van der Waals surface area (Å²) in [6.07, 6.45) is 3.50. The zero-order valence-corrected chi connectivity index (χ0v) is 9.81. The second-order valence-electron chi connectivity index (χ2n) is 3.83. The van der Waals surface area contributed by atoms with Crippen LogP contribution in [0.3, 0.4) is 0 Å². The van der Waals surface area contributed by atoms with E-state index in [9.17, 15) is 8.42 Å². The van der Waals surface area contributed by atoms with Gasteiger partial charge in [-0.3, -0.25) is 0 Å². The lowest BCUT2D eigenvalue weighted by Gasteiger charge is -2.27. The molecule has 1 rings (SSSR count). The Labute approximate surface area is 86.7 Å². The van der Waals surface area contributed by atoms with E-state index >= 15 is 0 Å². The second-order valence-corrected chi connectivity index (χ2v) is 6.19. The number of nitrogens with zero attached hydrogens (tertiary/aromatic N) is 1. The quantitative estimate of drug-likeness (QED) is 0.746. The molecule has 0 aromatic heterocycles. The lowest BCUT2D eigenvalue weighted by atomic mass is 10.1. The summed E-state index contributed by atoms with van der Waals surface area (Å²) in [6.45, 7) is 3.31. The highest BCUT2D eigenvalue weighted by Gasteiger charge is 2.20. The topological polar surface area (TPSA) is 49.4 Å². The molecule has 5 heteroatoms. The number of rotatable bonds is 4. The number of hydrogen-bond acceptors (Lipinski definition) is 3. The predicted molar refractivity (Wildman–Crippen MR) is 57.7 cm³/mol. The Hall–Kier alpha value is -0.130. The van der Waals surface area contributed by atoms with Crippen LogP contribution in [-0.2, 0) is 10.0 Å². The van der Waals surface area contributed by atoms with Crippen molar-refractivity contribution < 1.29 is 8.42 Å². The Morgan fingerprint density at radius 1 is 1.43 bits per heavy atom. The molecule has 0 amide bonds. The fourth-order valence-corrected chi connectivity index (χ4v) is 2.57. The van der Waals surface area contributed by atoms with Crippen molar-refractivity contribution in [2.45, 2.75) is 32.2 Å². The third-order valence-electron chi connectivity index (χ3n) is 2.73. The molecule has 1 aliphatic heterocycles. The molecule has 0 saturated carbocycles. The Bertz CT molecular complexity index is 258. The molecule has 1 fully saturated rings. The summed E-state index contributed by atoms with van der Waals surface area (Å²) in [5.41, 5.74) is 0. The summed E-state index contributed by atoms with van der Waals surface area (Å²) in [5, 5.41) is 3.34. The van der Waals surface area contributed by atoms with E-state index in [1.54, 1.807) is 14.0 Å². The number of likely N-dealkylation sites (N-methyl/N-ethyl adjacent to an activating group) is 1. The number of nitrogens with one attached hydrogen (secondary N) is 1. The van der Waals surface area contributed by atoms with Gasteiger partial charge >= 0.3 is 0 Å². The first kappa shape index (κ1) is 11.9. The van der Waals surface area contributed by atoms with Gasteiger partial charge in [0.15, 0.2) is 0 Å². The van der Waals surface area contributed by atoms with Gasteiger partial charge in [0.25, 0.3) is 0 Å². The highest BCUT2D eigenvalue weighted by molar-refractivity contribution is 7.89. The molecule has 0 bridgehead atoms. The molecule has 1 aliphatic rings. The van der Waals surface area contributed by atoms with Crippen molar-refractivity contribution in [1.29, 1.82) is 0 Å². The van der Waals surface area contributed by atoms with Crippen molar-refractivity contribution in [2.24, 2.45) is 0 Å². The van der Waals surface area contributed by atoms with Crippen LogP contribution >= 0.6 is 0 Å². The molecule has 1 N–H and O–H groups in total. The highest BCUT2D eigenvalue weighted by atomic mass is 32.2. The molecule has 4 nitrogen and oxygen atoms in total. The van der Waals surface area contributed by atoms with Crippen LogP contribution in [0.1, 0.15) is 26.2 Å². The van der Waals surface area contributed by atoms with Gasteiger partial charge in [-0.1, -0.05) is 6.42 Å². The van der Waals surface area contributed by atoms with Gasteiger partial charge in [-0.2, -0.15) is 0 Å². The Morgan fingerprint density at radius 2 is 2.14 bits per heavy atom. The van der Waals surface area contributed by atoms with Gasteiger partial charge in [-0.15, -0.1) is 0 Å². The maximum absolute atomic E-state index is 11.5. The molecule has 0 radical (unpaired) electrons. The van der Waals surface area contributed by atoms with Crippen molar-refractivity contribution in [1.82, 2.24) is 9.62 Å². The maximum Gasteiger partial charge on any atom is 0.213 e. The zero-order chi connectivity index (χ0) is 10.6. The number of sulfonamides is 1. The monoisotopic (exact) mass is 220 g/mol. The Kier molecular flexibility index (Phi) is 4.34. The average molecular weight is 220 g/mol. The van der Waals surface area contributed by atoms with Crippen molar-refractivity contribution in [3.63, 3.8) is 0 Å². The zero-order valence-electron chi connectivity index (χ0n) is 8.99. The lowest BCUT2D eigenvalue weighted by molar-refractivity contribution is 0.338. The molecule has 0 aromatic rings. The Balaban J connectivity index is 2.43. The molecule has 84 valence electrons. The van der Waals surface area contributed by atoms with E-state index in [0.717, 1.165) is 13.0 Å². The third kappa shape index (κ3) is 3.22. The average Bonchev–Trinajstić information content (AvgIpc) is 2.19. The van der Waals surface area contributed by atoms with Crippen LogP contribution in [0.5, 0.6) is 0 Å². The van der Waals surface area contributed by atoms with E-state index in [2.05, 4.69) is 5.32 Å². The van der Waals surface area contributed by atoms with Gasteiger partial charge in [-0.05, 0) is 26.3 Å². The molecule has 14 heavy (non-hydrogen) atoms. The van der Waals surface area contributed by atoms with Crippen LogP contribution in [0.15, 0.2) is 0 Å². The van der Waals surface area contributed by atoms with Crippen molar-refractivity contribution in [3.05, 3.63) is 0 Å². The molecular formula is C9H20N2O2S. The minimum Gasteiger partial charge on any atom is -0.313 e. The minimum atomic E-state index is -3.00. The van der Waals surface area contributed by atoms with Crippen LogP contribution < -0.4 is 5.32 Å². The van der Waals surface area contributed by atoms with Gasteiger partial charge in [0, 0.05) is 19.6 Å². The molecule has 0 aromatic carbocycles. The van der Waals surface area contributed by atoms with Crippen LogP contribution in [0.4, 0.5) is 0 Å². The minimum absolute atomic E-state index is 0.191. The molecule has 1 heterocycles. The standard InChI is InChI=1S/C9H20N2O2S/c1-3-14(12,13)11(2)8-9-6-4-5-7-10-9/h9-10H,3-8H2,1-2H3. The summed E-state index contributed by atoms with van der Waals surface area (Å²) in [6, 6.07) is 0.343. The first-order chi connectivity index (χ1) is 6.56. The summed E-state index contributed by atoms with van der Waals surface area (Å²) < 4.78 is 24.4. The second kappa shape index (κ2) is 5.09. The Morgan fingerprint density at radius 3 is 2.64 bits per heavy atom. The van der Waals surface area contributed by atoms with Gasteiger partial charge in [0.05, 0.1) is 5.75 Å². The van der Waals surface area contributed by atoms with Crippen LogP contribution in [0.2, 0.25) is 0 Å². The molecule has 1 unspecified atom stereocenters. The van der Waals surface area contributed by atoms with E-state index in [1.807, 2.05) is 0 Å².